The van der Waals surface area contributed by atoms with E-state index in [1.807, 2.05) is 12.1 Å². The lowest BCUT2D eigenvalue weighted by Crippen LogP contribution is -2.24. The zero-order valence-electron chi connectivity index (χ0n) is 17.7. The van der Waals surface area contributed by atoms with E-state index < -0.39 is 4.92 Å². The van der Waals surface area contributed by atoms with Gasteiger partial charge in [-0.1, -0.05) is 6.07 Å². The first-order chi connectivity index (χ1) is 15.5. The van der Waals surface area contributed by atoms with E-state index in [0.29, 0.717) is 17.3 Å². The fourth-order valence-corrected chi connectivity index (χ4v) is 3.75. The summed E-state index contributed by atoms with van der Waals surface area (Å²) in [6.07, 6.45) is 5.94. The van der Waals surface area contributed by atoms with Gasteiger partial charge in [0.25, 0.3) is 11.6 Å². The highest BCUT2D eigenvalue weighted by molar-refractivity contribution is 5.82. The van der Waals surface area contributed by atoms with E-state index in [0.717, 1.165) is 24.0 Å². The lowest BCUT2D eigenvalue weighted by molar-refractivity contribution is -0.384. The molecular formula is C24H23N3O5. The molecule has 0 saturated heterocycles. The molecule has 1 amide bonds. The molecule has 1 aliphatic rings. The van der Waals surface area contributed by atoms with Gasteiger partial charge in [-0.3, -0.25) is 14.9 Å². The van der Waals surface area contributed by atoms with Crippen LogP contribution in [0.2, 0.25) is 0 Å². The Balaban J connectivity index is 1.30. The molecule has 0 saturated carbocycles. The number of amides is 1. The first-order valence-electron chi connectivity index (χ1n) is 10.4. The Kier molecular flexibility index (Phi) is 6.30. The molecule has 3 aromatic rings. The second-order valence-corrected chi connectivity index (χ2v) is 7.68. The minimum absolute atomic E-state index is 0.0277. The van der Waals surface area contributed by atoms with Crippen molar-refractivity contribution in [1.29, 1.82) is 0 Å². The minimum Gasteiger partial charge on any atom is -0.484 e. The lowest BCUT2D eigenvalue weighted by Gasteiger charge is -2.16. The maximum absolute atomic E-state index is 12.0. The zero-order valence-corrected chi connectivity index (χ0v) is 17.7. The number of ether oxygens (including phenoxy) is 1. The summed E-state index contributed by atoms with van der Waals surface area (Å²) in [5.41, 5.74) is 6.57. The molecule has 32 heavy (non-hydrogen) atoms. The number of nitrogens with one attached hydrogen (secondary N) is 1. The number of nitrogens with zero attached hydrogens (tertiary/aromatic N) is 2. The fourth-order valence-electron chi connectivity index (χ4n) is 3.75. The van der Waals surface area contributed by atoms with Gasteiger partial charge in [0.2, 0.25) is 0 Å². The number of hydrogen-bond donors (Lipinski definition) is 1. The van der Waals surface area contributed by atoms with Crippen molar-refractivity contribution in [2.24, 2.45) is 5.10 Å². The Labute approximate surface area is 185 Å². The summed E-state index contributed by atoms with van der Waals surface area (Å²) in [4.78, 5) is 22.5. The highest BCUT2D eigenvalue weighted by atomic mass is 16.6. The first-order valence-corrected chi connectivity index (χ1v) is 10.4. The van der Waals surface area contributed by atoms with Gasteiger partial charge in [0.05, 0.1) is 11.1 Å². The molecule has 0 radical (unpaired) electrons. The van der Waals surface area contributed by atoms with Crippen LogP contribution in [-0.2, 0) is 17.6 Å². The molecule has 1 heterocycles. The van der Waals surface area contributed by atoms with Crippen LogP contribution in [0.1, 0.15) is 35.3 Å². The van der Waals surface area contributed by atoms with Crippen LogP contribution in [-0.4, -0.2) is 23.7 Å². The van der Waals surface area contributed by atoms with Gasteiger partial charge in [-0.25, -0.2) is 5.43 Å². The number of aryl methyl sites for hydroxylation is 3. The van der Waals surface area contributed by atoms with Crippen molar-refractivity contribution in [3.8, 4) is 17.1 Å². The summed E-state index contributed by atoms with van der Waals surface area (Å²) in [5, 5.41) is 14.8. The van der Waals surface area contributed by atoms with Crippen molar-refractivity contribution < 1.29 is 18.9 Å². The summed E-state index contributed by atoms with van der Waals surface area (Å²) < 4.78 is 11.3. The predicted octanol–water partition coefficient (Wildman–Crippen LogP) is 4.57. The van der Waals surface area contributed by atoms with Crippen LogP contribution in [0.3, 0.4) is 0 Å². The Hall–Kier alpha value is -3.94. The third-order valence-electron chi connectivity index (χ3n) is 5.38. The van der Waals surface area contributed by atoms with Crippen molar-refractivity contribution in [3.63, 3.8) is 0 Å². The number of fused-ring (bicyclic) bond motifs is 1. The van der Waals surface area contributed by atoms with Gasteiger partial charge in [-0.15, -0.1) is 0 Å². The number of rotatable bonds is 7. The van der Waals surface area contributed by atoms with Gasteiger partial charge in [-0.2, -0.15) is 5.10 Å². The molecule has 1 aliphatic carbocycles. The van der Waals surface area contributed by atoms with Crippen LogP contribution in [0.4, 0.5) is 5.69 Å². The molecule has 4 rings (SSSR count). The average Bonchev–Trinajstić information content (AvgIpc) is 3.26. The number of carbonyl (C=O) groups excluding carboxylic acids is 1. The van der Waals surface area contributed by atoms with Crippen molar-refractivity contribution >= 4 is 17.8 Å². The van der Waals surface area contributed by atoms with Gasteiger partial charge in [0.1, 0.15) is 17.3 Å². The van der Waals surface area contributed by atoms with E-state index in [9.17, 15) is 14.9 Å². The normalized spacial score (nSPS) is 13.0. The topological polar surface area (TPSA) is 107 Å². The maximum Gasteiger partial charge on any atom is 0.277 e. The molecule has 0 atom stereocenters. The number of benzene rings is 2. The van der Waals surface area contributed by atoms with Gasteiger partial charge >= 0.3 is 0 Å². The highest BCUT2D eigenvalue weighted by Crippen LogP contribution is 2.28. The molecule has 164 valence electrons. The second kappa shape index (κ2) is 9.47. The van der Waals surface area contributed by atoms with E-state index >= 15 is 0 Å². The molecule has 0 unspecified atom stereocenters. The number of hydrogen-bond acceptors (Lipinski definition) is 6. The Morgan fingerprint density at radius 1 is 1.16 bits per heavy atom. The largest absolute Gasteiger partial charge is 0.484 e. The SMILES string of the molecule is Cc1cc([N+](=O)[O-])ccc1-c1ccc(/C=N\NC(=O)COc2ccc3c(c2)CCCC3)o1. The minimum atomic E-state index is -0.436. The molecule has 0 spiro atoms. The summed E-state index contributed by atoms with van der Waals surface area (Å²) >= 11 is 0. The molecule has 0 fully saturated rings. The third kappa shape index (κ3) is 5.03. The Morgan fingerprint density at radius 3 is 2.75 bits per heavy atom. The molecule has 0 aliphatic heterocycles. The summed E-state index contributed by atoms with van der Waals surface area (Å²) in [6, 6.07) is 14.0. The predicted molar refractivity (Wildman–Crippen MR) is 120 cm³/mol. The van der Waals surface area contributed by atoms with Gasteiger partial charge < -0.3 is 9.15 Å². The molecule has 1 aromatic heterocycles. The Morgan fingerprint density at radius 2 is 1.97 bits per heavy atom. The number of carbonyl (C=O) groups is 1. The third-order valence-corrected chi connectivity index (χ3v) is 5.38. The van der Waals surface area contributed by atoms with Crippen molar-refractivity contribution in [2.75, 3.05) is 6.61 Å². The number of nitro groups is 1. The number of nitro benzene ring substituents is 1. The van der Waals surface area contributed by atoms with Crippen LogP contribution in [0, 0.1) is 17.0 Å². The van der Waals surface area contributed by atoms with E-state index in [2.05, 4.69) is 16.6 Å². The van der Waals surface area contributed by atoms with Crippen LogP contribution < -0.4 is 10.2 Å². The van der Waals surface area contributed by atoms with Crippen LogP contribution in [0.15, 0.2) is 58.0 Å². The average molecular weight is 433 g/mol. The molecular weight excluding hydrogens is 410 g/mol. The van der Waals surface area contributed by atoms with Crippen molar-refractivity contribution in [2.45, 2.75) is 32.6 Å². The molecule has 1 N–H and O–H groups in total. The van der Waals surface area contributed by atoms with Crippen molar-refractivity contribution in [1.82, 2.24) is 5.43 Å². The van der Waals surface area contributed by atoms with Crippen LogP contribution in [0.25, 0.3) is 11.3 Å². The maximum atomic E-state index is 12.0. The molecule has 8 heteroatoms. The van der Waals surface area contributed by atoms with E-state index in [-0.39, 0.29) is 18.2 Å². The van der Waals surface area contributed by atoms with Crippen LogP contribution >= 0.6 is 0 Å². The summed E-state index contributed by atoms with van der Waals surface area (Å²) in [5.74, 6) is 1.30. The van der Waals surface area contributed by atoms with Gasteiger partial charge in [-0.05, 0) is 79.6 Å². The molecule has 2 aromatic carbocycles. The lowest BCUT2D eigenvalue weighted by atomic mass is 9.92. The quantitative estimate of drug-likeness (QED) is 0.334. The van der Waals surface area contributed by atoms with Crippen molar-refractivity contribution in [3.05, 3.63) is 81.1 Å². The van der Waals surface area contributed by atoms with Gasteiger partial charge in [0.15, 0.2) is 6.61 Å². The second-order valence-electron chi connectivity index (χ2n) is 7.68. The fraction of sp³-hybridized carbons (Fsp3) is 0.250. The number of non-ortho nitro benzene ring substituents is 1. The monoisotopic (exact) mass is 433 g/mol. The number of hydrazone groups is 1. The standard InChI is InChI=1S/C24H23N3O5/c1-16-12-19(27(29)30)7-10-22(16)23-11-9-21(32-23)14-25-26-24(28)15-31-20-8-6-17-4-2-3-5-18(17)13-20/h6-14H,2-5,15H2,1H3,(H,26,28)/b25-14-. The van der Waals surface area contributed by atoms with E-state index in [1.54, 1.807) is 25.1 Å². The van der Waals surface area contributed by atoms with E-state index in [1.165, 1.54) is 42.3 Å². The zero-order chi connectivity index (χ0) is 22.5. The highest BCUT2D eigenvalue weighted by Gasteiger charge is 2.13. The first kappa shape index (κ1) is 21.3. The summed E-state index contributed by atoms with van der Waals surface area (Å²) in [6.45, 7) is 1.64. The smallest absolute Gasteiger partial charge is 0.277 e. The van der Waals surface area contributed by atoms with Gasteiger partial charge in [0, 0.05) is 17.7 Å². The molecule has 0 bridgehead atoms. The number of furan rings is 1. The molecule has 8 nitrogen and oxygen atoms in total. The summed E-state index contributed by atoms with van der Waals surface area (Å²) in [7, 11) is 0. The van der Waals surface area contributed by atoms with Crippen LogP contribution in [0.5, 0.6) is 5.75 Å². The van der Waals surface area contributed by atoms with E-state index in [4.69, 9.17) is 9.15 Å². The Bertz CT molecular complexity index is 1180.